The molecular formula is C21H19Cl3F3N3O3. The van der Waals surface area contributed by atoms with Gasteiger partial charge in [0.05, 0.1) is 16.4 Å². The Morgan fingerprint density at radius 3 is 2.24 bits per heavy atom. The minimum Gasteiger partial charge on any atom is -0.442 e. The van der Waals surface area contributed by atoms with Crippen LogP contribution in [0.1, 0.15) is 31.9 Å². The van der Waals surface area contributed by atoms with Gasteiger partial charge in [0.2, 0.25) is 5.60 Å². The molecule has 0 aromatic heterocycles. The van der Waals surface area contributed by atoms with Crippen molar-refractivity contribution < 1.29 is 27.5 Å². The van der Waals surface area contributed by atoms with E-state index < -0.39 is 23.5 Å². The number of rotatable bonds is 3. The number of amides is 1. The highest BCUT2D eigenvalue weighted by Crippen LogP contribution is 2.48. The van der Waals surface area contributed by atoms with Crippen LogP contribution in [0.4, 0.5) is 23.7 Å². The number of carbonyl (C=O) groups is 1. The number of hydrazine groups is 1. The Bertz CT molecular complexity index is 1100. The second-order valence-electron chi connectivity index (χ2n) is 8.17. The molecule has 1 amide bonds. The Balaban J connectivity index is 2.05. The van der Waals surface area contributed by atoms with Crippen LogP contribution >= 0.6 is 34.8 Å². The molecule has 0 aliphatic carbocycles. The van der Waals surface area contributed by atoms with Crippen LogP contribution in [0.15, 0.2) is 42.5 Å². The highest BCUT2D eigenvalue weighted by Gasteiger charge is 2.59. The maximum Gasteiger partial charge on any atom is 0.429 e. The van der Waals surface area contributed by atoms with Crippen molar-refractivity contribution in [1.82, 2.24) is 5.48 Å². The van der Waals surface area contributed by atoms with Gasteiger partial charge in [-0.2, -0.15) is 13.2 Å². The zero-order chi connectivity index (χ0) is 24.8. The summed E-state index contributed by atoms with van der Waals surface area (Å²) in [4.78, 5) is 17.4. The number of carbonyl (C=O) groups excluding carboxylic acids is 1. The molecule has 0 radical (unpaired) electrons. The maximum atomic E-state index is 14.2. The molecule has 1 unspecified atom stereocenters. The van der Waals surface area contributed by atoms with Crippen LogP contribution in [0, 0.1) is 0 Å². The SMILES string of the molecule is CC(C)(C)OC(=O)N(N)c1cc(C2=CC(c3cc(Cl)cc(Cl)c3)(C(F)(F)F)ON2)ccc1Cl. The van der Waals surface area contributed by atoms with Crippen LogP contribution < -0.4 is 16.3 Å². The first-order valence-corrected chi connectivity index (χ1v) is 10.5. The van der Waals surface area contributed by atoms with Crippen LogP contribution in [0.2, 0.25) is 15.1 Å². The van der Waals surface area contributed by atoms with Crippen molar-refractivity contribution in [1.29, 1.82) is 0 Å². The van der Waals surface area contributed by atoms with Crippen LogP contribution in [-0.4, -0.2) is 17.9 Å². The van der Waals surface area contributed by atoms with E-state index in [1.54, 1.807) is 20.8 Å². The normalized spacial score (nSPS) is 18.5. The Morgan fingerprint density at radius 1 is 1.09 bits per heavy atom. The number of nitrogens with two attached hydrogens (primary N) is 1. The topological polar surface area (TPSA) is 76.8 Å². The molecule has 0 fully saturated rings. The molecule has 0 saturated carbocycles. The minimum absolute atomic E-state index is 0.0106. The van der Waals surface area contributed by atoms with Crippen molar-refractivity contribution in [3.63, 3.8) is 0 Å². The lowest BCUT2D eigenvalue weighted by atomic mass is 9.91. The quantitative estimate of drug-likeness (QED) is 0.269. The minimum atomic E-state index is -4.87. The fourth-order valence-corrected chi connectivity index (χ4v) is 3.76. The first-order chi connectivity index (χ1) is 15.1. The molecule has 1 heterocycles. The molecule has 2 aromatic rings. The van der Waals surface area contributed by atoms with E-state index >= 15 is 0 Å². The number of hydrogen-bond donors (Lipinski definition) is 2. The standard InChI is InChI=1S/C21H19Cl3F3N3O3/c1-19(2,3)32-18(31)30(28)17-6-11(4-5-15(17)24)16-10-20(33-29-16,21(25,26)27)12-7-13(22)9-14(23)8-12/h4-10,29H,28H2,1-3H3. The monoisotopic (exact) mass is 523 g/mol. The second-order valence-corrected chi connectivity index (χ2v) is 9.45. The summed E-state index contributed by atoms with van der Waals surface area (Å²) in [5, 5.41) is 0.768. The summed E-state index contributed by atoms with van der Waals surface area (Å²) < 4.78 is 47.8. The summed E-state index contributed by atoms with van der Waals surface area (Å²) in [6, 6.07) is 7.67. The van der Waals surface area contributed by atoms with Gasteiger partial charge in [0.1, 0.15) is 5.60 Å². The molecule has 12 heteroatoms. The van der Waals surface area contributed by atoms with E-state index in [0.29, 0.717) is 5.01 Å². The van der Waals surface area contributed by atoms with Crippen molar-refractivity contribution in [3.05, 3.63) is 68.7 Å². The summed E-state index contributed by atoms with van der Waals surface area (Å²) in [5.41, 5.74) is -1.53. The van der Waals surface area contributed by atoms with E-state index in [1.807, 2.05) is 0 Å². The van der Waals surface area contributed by atoms with Gasteiger partial charge in [0.15, 0.2) is 0 Å². The van der Waals surface area contributed by atoms with Crippen molar-refractivity contribution in [3.8, 4) is 0 Å². The molecule has 3 rings (SSSR count). The van der Waals surface area contributed by atoms with Crippen LogP contribution in [0.25, 0.3) is 5.70 Å². The van der Waals surface area contributed by atoms with Gasteiger partial charge in [0, 0.05) is 21.2 Å². The van der Waals surface area contributed by atoms with Gasteiger partial charge < -0.3 is 4.74 Å². The maximum absolute atomic E-state index is 14.2. The number of hydrogen-bond acceptors (Lipinski definition) is 5. The molecule has 0 bridgehead atoms. The van der Waals surface area contributed by atoms with E-state index in [0.717, 1.165) is 18.2 Å². The second kappa shape index (κ2) is 8.88. The van der Waals surface area contributed by atoms with E-state index in [4.69, 9.17) is 50.2 Å². The van der Waals surface area contributed by atoms with Gasteiger partial charge in [-0.25, -0.2) is 15.6 Å². The molecule has 2 aromatic carbocycles. The fraction of sp³-hybridized carbons (Fsp3) is 0.286. The average Bonchev–Trinajstić information content (AvgIpc) is 3.12. The van der Waals surface area contributed by atoms with E-state index in [2.05, 4.69) is 5.48 Å². The van der Waals surface area contributed by atoms with Gasteiger partial charge in [0.25, 0.3) is 0 Å². The highest BCUT2D eigenvalue weighted by atomic mass is 35.5. The van der Waals surface area contributed by atoms with Gasteiger partial charge in [-0.15, -0.1) is 0 Å². The van der Waals surface area contributed by atoms with Gasteiger partial charge in [-0.05, 0) is 57.2 Å². The molecular weight excluding hydrogens is 506 g/mol. The van der Waals surface area contributed by atoms with Gasteiger partial charge in [-0.1, -0.05) is 40.9 Å². The molecule has 0 saturated heterocycles. The average molecular weight is 525 g/mol. The number of nitrogens with zero attached hydrogens (tertiary/aromatic N) is 1. The number of halogens is 6. The van der Waals surface area contributed by atoms with Gasteiger partial charge >= 0.3 is 12.3 Å². The van der Waals surface area contributed by atoms with Crippen molar-refractivity contribution in [2.75, 3.05) is 5.01 Å². The Morgan fingerprint density at radius 2 is 1.70 bits per heavy atom. The largest absolute Gasteiger partial charge is 0.442 e. The summed E-state index contributed by atoms with van der Waals surface area (Å²) in [6.07, 6.45) is -4.93. The molecule has 3 N–H and O–H groups in total. The van der Waals surface area contributed by atoms with Crippen molar-refractivity contribution in [2.24, 2.45) is 5.84 Å². The van der Waals surface area contributed by atoms with Crippen LogP contribution in [0.5, 0.6) is 0 Å². The molecule has 33 heavy (non-hydrogen) atoms. The number of ether oxygens (including phenoxy) is 1. The zero-order valence-electron chi connectivity index (χ0n) is 17.6. The first-order valence-electron chi connectivity index (χ1n) is 9.41. The zero-order valence-corrected chi connectivity index (χ0v) is 19.8. The number of anilines is 1. The van der Waals surface area contributed by atoms with E-state index in [9.17, 15) is 18.0 Å². The lowest BCUT2D eigenvalue weighted by Gasteiger charge is -2.28. The summed E-state index contributed by atoms with van der Waals surface area (Å²) in [5.74, 6) is 5.85. The third kappa shape index (κ3) is 5.33. The lowest BCUT2D eigenvalue weighted by molar-refractivity contribution is -0.269. The number of alkyl halides is 3. The summed E-state index contributed by atoms with van der Waals surface area (Å²) >= 11 is 18.0. The van der Waals surface area contributed by atoms with Crippen molar-refractivity contribution >= 4 is 52.3 Å². The lowest BCUT2D eigenvalue weighted by Crippen LogP contribution is -2.42. The van der Waals surface area contributed by atoms with E-state index in [-0.39, 0.29) is 37.6 Å². The summed E-state index contributed by atoms with van der Waals surface area (Å²) in [7, 11) is 0. The van der Waals surface area contributed by atoms with Crippen molar-refractivity contribution in [2.45, 2.75) is 38.1 Å². The molecule has 6 nitrogen and oxygen atoms in total. The molecule has 1 aliphatic rings. The molecule has 1 atom stereocenters. The van der Waals surface area contributed by atoms with Crippen LogP contribution in [0.3, 0.4) is 0 Å². The fourth-order valence-electron chi connectivity index (χ4n) is 3.03. The summed E-state index contributed by atoms with van der Waals surface area (Å²) in [6.45, 7) is 4.96. The predicted octanol–water partition coefficient (Wildman–Crippen LogP) is 6.60. The first kappa shape index (κ1) is 25.5. The number of hydroxylamine groups is 1. The highest BCUT2D eigenvalue weighted by molar-refractivity contribution is 6.34. The third-order valence-corrected chi connectivity index (χ3v) is 5.25. The Hall–Kier alpha value is -2.17. The number of benzene rings is 2. The smallest absolute Gasteiger partial charge is 0.429 e. The molecule has 0 spiro atoms. The molecule has 178 valence electrons. The third-order valence-electron chi connectivity index (χ3n) is 4.49. The Labute approximate surface area is 202 Å². The van der Waals surface area contributed by atoms with E-state index in [1.165, 1.54) is 24.3 Å². The molecule has 1 aliphatic heterocycles. The van der Waals surface area contributed by atoms with Gasteiger partial charge in [-0.3, -0.25) is 10.3 Å². The number of nitrogens with one attached hydrogen (secondary N) is 1. The van der Waals surface area contributed by atoms with Crippen LogP contribution in [-0.2, 0) is 15.2 Å². The predicted molar refractivity (Wildman–Crippen MR) is 121 cm³/mol. The Kier molecular flexibility index (Phi) is 6.85.